The van der Waals surface area contributed by atoms with Gasteiger partial charge in [0.2, 0.25) is 0 Å². The fourth-order valence-electron chi connectivity index (χ4n) is 0.985. The molecule has 0 rings (SSSR count). The van der Waals surface area contributed by atoms with Crippen molar-refractivity contribution in [1.82, 2.24) is 5.32 Å². The predicted molar refractivity (Wildman–Crippen MR) is 49.5 cm³/mol. The molecular weight excluding hydrogens is 249 g/mol. The molecule has 0 saturated carbocycles. The number of nitrogens with one attached hydrogen (secondary N) is 1. The van der Waals surface area contributed by atoms with Crippen LogP contribution in [0.3, 0.4) is 0 Å². The van der Waals surface area contributed by atoms with Gasteiger partial charge in [0.15, 0.2) is 0 Å². The summed E-state index contributed by atoms with van der Waals surface area (Å²) in [5.74, 6) is -7.90. The van der Waals surface area contributed by atoms with E-state index in [0.29, 0.717) is 0 Å². The molecule has 0 aromatic rings. The van der Waals surface area contributed by atoms with Crippen molar-refractivity contribution in [2.24, 2.45) is 0 Å². The van der Waals surface area contributed by atoms with Crippen molar-refractivity contribution in [2.45, 2.75) is 44.4 Å². The summed E-state index contributed by atoms with van der Waals surface area (Å²) in [6.07, 6.45) is -5.68. The first-order chi connectivity index (χ1) is 7.50. The smallest absolute Gasteiger partial charge is 0.388 e. The number of rotatable bonds is 5. The summed E-state index contributed by atoms with van der Waals surface area (Å²) in [7, 11) is 0. The lowest BCUT2D eigenvalue weighted by Crippen LogP contribution is -2.53. The van der Waals surface area contributed by atoms with E-state index in [0.717, 1.165) is 0 Å². The molecule has 2 N–H and O–H groups in total. The maximum Gasteiger partial charge on any atom is 0.463 e. The molecule has 8 heteroatoms. The van der Waals surface area contributed by atoms with Crippen LogP contribution in [0.15, 0.2) is 0 Å². The van der Waals surface area contributed by atoms with Gasteiger partial charge in [-0.25, -0.2) is 0 Å². The van der Waals surface area contributed by atoms with Gasteiger partial charge < -0.3 is 10.4 Å². The number of hydrogen-bond donors (Lipinski definition) is 2. The zero-order valence-electron chi connectivity index (χ0n) is 9.37. The fourth-order valence-corrected chi connectivity index (χ4v) is 0.985. The van der Waals surface area contributed by atoms with Gasteiger partial charge in [0, 0.05) is 6.54 Å². The van der Waals surface area contributed by atoms with Crippen LogP contribution in [0.2, 0.25) is 0 Å². The van der Waals surface area contributed by atoms with Crippen molar-refractivity contribution in [1.29, 1.82) is 0 Å². The minimum Gasteiger partial charge on any atom is -0.388 e. The zero-order valence-corrected chi connectivity index (χ0v) is 9.37. The number of hydrogen-bond acceptors (Lipinski definition) is 2. The van der Waals surface area contributed by atoms with Crippen molar-refractivity contribution in [2.75, 3.05) is 6.54 Å². The van der Waals surface area contributed by atoms with Gasteiger partial charge in [0.1, 0.15) is 0 Å². The molecule has 0 aliphatic carbocycles. The third-order valence-electron chi connectivity index (χ3n) is 2.54. The largest absolute Gasteiger partial charge is 0.463 e. The first-order valence-corrected chi connectivity index (χ1v) is 4.95. The van der Waals surface area contributed by atoms with Gasteiger partial charge >= 0.3 is 12.1 Å². The molecule has 0 heterocycles. The average molecular weight is 263 g/mol. The molecule has 0 aromatic carbocycles. The molecule has 0 radical (unpaired) electrons. The number of aliphatic hydroxyl groups is 1. The van der Waals surface area contributed by atoms with E-state index >= 15 is 0 Å². The quantitative estimate of drug-likeness (QED) is 0.744. The van der Waals surface area contributed by atoms with Crippen molar-refractivity contribution in [3.63, 3.8) is 0 Å². The Morgan fingerprint density at radius 3 is 1.82 bits per heavy atom. The molecule has 0 unspecified atom stereocenters. The summed E-state index contributed by atoms with van der Waals surface area (Å²) >= 11 is 0. The van der Waals surface area contributed by atoms with E-state index in [1.807, 2.05) is 0 Å². The topological polar surface area (TPSA) is 49.3 Å². The lowest BCUT2D eigenvalue weighted by Gasteiger charge is -2.27. The van der Waals surface area contributed by atoms with E-state index in [1.165, 1.54) is 19.2 Å². The van der Waals surface area contributed by atoms with Crippen molar-refractivity contribution >= 4 is 5.91 Å². The molecule has 0 atom stereocenters. The van der Waals surface area contributed by atoms with Crippen molar-refractivity contribution in [3.05, 3.63) is 0 Å². The summed E-state index contributed by atoms with van der Waals surface area (Å²) in [4.78, 5) is 10.7. The number of amides is 1. The van der Waals surface area contributed by atoms with Crippen LogP contribution in [0.25, 0.3) is 0 Å². The molecule has 3 nitrogen and oxygen atoms in total. The van der Waals surface area contributed by atoms with Crippen LogP contribution < -0.4 is 5.32 Å². The molecule has 0 fully saturated rings. The summed E-state index contributed by atoms with van der Waals surface area (Å²) < 4.78 is 60.4. The van der Waals surface area contributed by atoms with E-state index in [2.05, 4.69) is 0 Å². The summed E-state index contributed by atoms with van der Waals surface area (Å²) in [6, 6.07) is 0. The normalized spacial score (nSPS) is 13.6. The molecule has 0 spiro atoms. The molecule has 102 valence electrons. The van der Waals surface area contributed by atoms with Crippen LogP contribution in [0.5, 0.6) is 0 Å². The minimum atomic E-state index is -5.94. The number of alkyl halides is 5. The van der Waals surface area contributed by atoms with Crippen LogP contribution >= 0.6 is 0 Å². The molecule has 17 heavy (non-hydrogen) atoms. The highest BCUT2D eigenvalue weighted by molar-refractivity contribution is 5.84. The number of carbonyl (C=O) groups is 1. The Balaban J connectivity index is 4.58. The monoisotopic (exact) mass is 263 g/mol. The maximum atomic E-state index is 12.5. The van der Waals surface area contributed by atoms with Gasteiger partial charge in [0.25, 0.3) is 5.91 Å². The van der Waals surface area contributed by atoms with Crippen LogP contribution in [-0.2, 0) is 4.79 Å². The minimum absolute atomic E-state index is 0.126. The van der Waals surface area contributed by atoms with Gasteiger partial charge in [0.05, 0.1) is 5.60 Å². The molecule has 0 aromatic heterocycles. The molecule has 0 aliphatic rings. The molecular formula is C9H14F5NO2. The molecule has 0 bridgehead atoms. The third-order valence-corrected chi connectivity index (χ3v) is 2.54. The second-order valence-corrected chi connectivity index (χ2v) is 3.69. The molecule has 0 saturated heterocycles. The van der Waals surface area contributed by atoms with Crippen molar-refractivity contribution < 1.29 is 31.9 Å². The Labute approximate surface area is 95.0 Å². The highest BCUT2D eigenvalue weighted by Gasteiger charge is 2.63. The van der Waals surface area contributed by atoms with Gasteiger partial charge in [-0.15, -0.1) is 0 Å². The first kappa shape index (κ1) is 16.1. The molecule has 1 amide bonds. The van der Waals surface area contributed by atoms with E-state index in [4.69, 9.17) is 0 Å². The summed E-state index contributed by atoms with van der Waals surface area (Å²) in [5, 5.41) is 11.0. The Morgan fingerprint density at radius 1 is 1.12 bits per heavy atom. The summed E-state index contributed by atoms with van der Waals surface area (Å²) in [5.41, 5.74) is -1.47. The maximum absolute atomic E-state index is 12.5. The standard InChI is InChI=1S/C9H14F5NO2/c1-3-7(17,4-2)5-15-6(16)8(10,11)9(12,13)14/h17H,3-5H2,1-2H3,(H,15,16). The van der Waals surface area contributed by atoms with Crippen LogP contribution in [0, 0.1) is 0 Å². The van der Waals surface area contributed by atoms with Gasteiger partial charge in [-0.05, 0) is 12.8 Å². The average Bonchev–Trinajstić information content (AvgIpc) is 2.23. The van der Waals surface area contributed by atoms with Crippen LogP contribution in [0.1, 0.15) is 26.7 Å². The lowest BCUT2D eigenvalue weighted by atomic mass is 9.97. The second kappa shape index (κ2) is 5.16. The predicted octanol–water partition coefficient (Wildman–Crippen LogP) is 1.85. The Bertz CT molecular complexity index is 273. The van der Waals surface area contributed by atoms with E-state index in [9.17, 15) is 31.9 Å². The van der Waals surface area contributed by atoms with Gasteiger partial charge in [-0.3, -0.25) is 4.79 Å². The van der Waals surface area contributed by atoms with Gasteiger partial charge in [-0.2, -0.15) is 22.0 Å². The Kier molecular flexibility index (Phi) is 4.88. The highest BCUT2D eigenvalue weighted by Crippen LogP contribution is 2.35. The SMILES string of the molecule is CCC(O)(CC)CNC(=O)C(F)(F)C(F)(F)F. The molecule has 0 aliphatic heterocycles. The van der Waals surface area contributed by atoms with Crippen molar-refractivity contribution in [3.8, 4) is 0 Å². The Hall–Kier alpha value is -0.920. The Morgan fingerprint density at radius 2 is 1.53 bits per heavy atom. The van der Waals surface area contributed by atoms with Gasteiger partial charge in [-0.1, -0.05) is 13.8 Å². The van der Waals surface area contributed by atoms with Crippen LogP contribution in [-0.4, -0.2) is 35.3 Å². The highest BCUT2D eigenvalue weighted by atomic mass is 19.4. The zero-order chi connectivity index (χ0) is 13.9. The number of halogens is 5. The van der Waals surface area contributed by atoms with E-state index in [-0.39, 0.29) is 12.8 Å². The fraction of sp³-hybridized carbons (Fsp3) is 0.889. The van der Waals surface area contributed by atoms with E-state index < -0.39 is 30.2 Å². The third kappa shape index (κ3) is 3.79. The number of carbonyl (C=O) groups excluding carboxylic acids is 1. The van der Waals surface area contributed by atoms with Crippen LogP contribution in [0.4, 0.5) is 22.0 Å². The second-order valence-electron chi connectivity index (χ2n) is 3.69. The summed E-state index contributed by atoms with van der Waals surface area (Å²) in [6.45, 7) is 2.40. The van der Waals surface area contributed by atoms with E-state index in [1.54, 1.807) is 0 Å². The first-order valence-electron chi connectivity index (χ1n) is 4.95. The lowest BCUT2D eigenvalue weighted by molar-refractivity contribution is -0.270.